The van der Waals surface area contributed by atoms with Crippen LogP contribution in [-0.2, 0) is 9.59 Å². The van der Waals surface area contributed by atoms with E-state index in [1.165, 1.54) is 6.33 Å². The number of carboxylic acids is 1. The first-order valence-corrected chi connectivity index (χ1v) is 4.96. The van der Waals surface area contributed by atoms with E-state index >= 15 is 0 Å². The SMILES string of the molecule is CC(NC(=O)CCCC(=O)O)c1ncn[nH]1. The van der Waals surface area contributed by atoms with Crippen LogP contribution in [-0.4, -0.2) is 32.2 Å². The molecular formula is C9H14N4O3. The van der Waals surface area contributed by atoms with Crippen molar-refractivity contribution in [1.82, 2.24) is 20.5 Å². The Balaban J connectivity index is 2.26. The van der Waals surface area contributed by atoms with Gasteiger partial charge in [0.2, 0.25) is 5.91 Å². The third-order valence-electron chi connectivity index (χ3n) is 2.02. The molecule has 7 nitrogen and oxygen atoms in total. The predicted molar refractivity (Wildman–Crippen MR) is 54.4 cm³/mol. The first-order valence-electron chi connectivity index (χ1n) is 4.96. The molecule has 0 spiro atoms. The molecule has 1 atom stereocenters. The van der Waals surface area contributed by atoms with Crippen LogP contribution in [0.2, 0.25) is 0 Å². The third kappa shape index (κ3) is 4.07. The van der Waals surface area contributed by atoms with Gasteiger partial charge < -0.3 is 10.4 Å². The highest BCUT2D eigenvalue weighted by Crippen LogP contribution is 2.05. The van der Waals surface area contributed by atoms with Crippen molar-refractivity contribution >= 4 is 11.9 Å². The maximum absolute atomic E-state index is 11.4. The highest BCUT2D eigenvalue weighted by Gasteiger charge is 2.11. The normalized spacial score (nSPS) is 12.1. The second-order valence-corrected chi connectivity index (χ2v) is 3.41. The van der Waals surface area contributed by atoms with E-state index in [-0.39, 0.29) is 24.8 Å². The van der Waals surface area contributed by atoms with E-state index < -0.39 is 5.97 Å². The summed E-state index contributed by atoms with van der Waals surface area (Å²) in [5, 5.41) is 17.4. The van der Waals surface area contributed by atoms with Gasteiger partial charge in [-0.05, 0) is 13.3 Å². The summed E-state index contributed by atoms with van der Waals surface area (Å²) in [6, 6.07) is -0.250. The predicted octanol–water partition coefficient (Wildman–Crippen LogP) is 0.237. The molecule has 0 aliphatic carbocycles. The number of aromatic nitrogens is 3. The van der Waals surface area contributed by atoms with Crippen LogP contribution in [0.3, 0.4) is 0 Å². The first-order chi connectivity index (χ1) is 7.59. The second-order valence-electron chi connectivity index (χ2n) is 3.41. The lowest BCUT2D eigenvalue weighted by atomic mass is 10.2. The molecule has 0 aliphatic rings. The summed E-state index contributed by atoms with van der Waals surface area (Å²) >= 11 is 0. The second kappa shape index (κ2) is 5.84. The summed E-state index contributed by atoms with van der Waals surface area (Å²) in [6.07, 6.45) is 1.90. The van der Waals surface area contributed by atoms with Crippen LogP contribution in [0.1, 0.15) is 38.1 Å². The monoisotopic (exact) mass is 226 g/mol. The molecule has 0 fully saturated rings. The highest BCUT2D eigenvalue weighted by atomic mass is 16.4. The van der Waals surface area contributed by atoms with Crippen LogP contribution in [0.25, 0.3) is 0 Å². The molecule has 1 aromatic rings. The average Bonchev–Trinajstić information content (AvgIpc) is 2.69. The molecule has 0 aromatic carbocycles. The standard InChI is InChI=1S/C9H14N4O3/c1-6(9-10-5-11-13-9)12-7(14)3-2-4-8(15)16/h5-6H,2-4H2,1H3,(H,12,14)(H,15,16)(H,10,11,13). The van der Waals surface area contributed by atoms with E-state index in [2.05, 4.69) is 20.5 Å². The fourth-order valence-electron chi connectivity index (χ4n) is 1.21. The molecule has 7 heteroatoms. The average molecular weight is 226 g/mol. The number of hydrogen-bond donors (Lipinski definition) is 3. The molecule has 1 unspecified atom stereocenters. The Kier molecular flexibility index (Phi) is 4.43. The maximum atomic E-state index is 11.4. The van der Waals surface area contributed by atoms with Crippen molar-refractivity contribution in [3.05, 3.63) is 12.2 Å². The molecular weight excluding hydrogens is 212 g/mol. The van der Waals surface area contributed by atoms with Gasteiger partial charge in [0.15, 0.2) is 0 Å². The minimum atomic E-state index is -0.893. The molecule has 0 bridgehead atoms. The summed E-state index contributed by atoms with van der Waals surface area (Å²) < 4.78 is 0. The molecule has 0 saturated carbocycles. The van der Waals surface area contributed by atoms with Gasteiger partial charge in [0, 0.05) is 12.8 Å². The zero-order chi connectivity index (χ0) is 12.0. The van der Waals surface area contributed by atoms with E-state index in [0.29, 0.717) is 12.2 Å². The number of rotatable bonds is 6. The van der Waals surface area contributed by atoms with E-state index in [1.54, 1.807) is 6.92 Å². The number of nitrogens with one attached hydrogen (secondary N) is 2. The Labute approximate surface area is 92.3 Å². The number of nitrogens with zero attached hydrogens (tertiary/aromatic N) is 2. The molecule has 0 aliphatic heterocycles. The lowest BCUT2D eigenvalue weighted by Gasteiger charge is -2.10. The van der Waals surface area contributed by atoms with Gasteiger partial charge >= 0.3 is 5.97 Å². The minimum absolute atomic E-state index is 0.00408. The topological polar surface area (TPSA) is 108 Å². The Morgan fingerprint density at radius 1 is 1.56 bits per heavy atom. The van der Waals surface area contributed by atoms with E-state index in [0.717, 1.165) is 0 Å². The van der Waals surface area contributed by atoms with Crippen molar-refractivity contribution in [2.45, 2.75) is 32.2 Å². The largest absolute Gasteiger partial charge is 0.481 e. The lowest BCUT2D eigenvalue weighted by molar-refractivity contribution is -0.137. The molecule has 3 N–H and O–H groups in total. The van der Waals surface area contributed by atoms with Crippen LogP contribution < -0.4 is 5.32 Å². The van der Waals surface area contributed by atoms with Crippen molar-refractivity contribution in [2.24, 2.45) is 0 Å². The molecule has 0 saturated heterocycles. The van der Waals surface area contributed by atoms with E-state index in [4.69, 9.17) is 5.11 Å². The number of aliphatic carboxylic acids is 1. The number of carbonyl (C=O) groups excluding carboxylic acids is 1. The Bertz CT molecular complexity index is 350. The number of carboxylic acid groups (broad SMARTS) is 1. The lowest BCUT2D eigenvalue weighted by Crippen LogP contribution is -2.27. The molecule has 1 aromatic heterocycles. The van der Waals surface area contributed by atoms with Crippen LogP contribution in [0.4, 0.5) is 0 Å². The Morgan fingerprint density at radius 2 is 2.31 bits per heavy atom. The van der Waals surface area contributed by atoms with Crippen molar-refractivity contribution in [3.8, 4) is 0 Å². The highest BCUT2D eigenvalue weighted by molar-refractivity contribution is 5.77. The van der Waals surface area contributed by atoms with Gasteiger partial charge in [0.25, 0.3) is 0 Å². The number of H-pyrrole nitrogens is 1. The zero-order valence-corrected chi connectivity index (χ0v) is 8.93. The molecule has 16 heavy (non-hydrogen) atoms. The Morgan fingerprint density at radius 3 is 2.88 bits per heavy atom. The summed E-state index contributed by atoms with van der Waals surface area (Å²) in [5.41, 5.74) is 0. The summed E-state index contributed by atoms with van der Waals surface area (Å²) in [5.74, 6) is -0.507. The minimum Gasteiger partial charge on any atom is -0.481 e. The maximum Gasteiger partial charge on any atom is 0.303 e. The fourth-order valence-corrected chi connectivity index (χ4v) is 1.21. The van der Waals surface area contributed by atoms with Gasteiger partial charge in [-0.25, -0.2) is 4.98 Å². The van der Waals surface area contributed by atoms with Crippen molar-refractivity contribution in [1.29, 1.82) is 0 Å². The van der Waals surface area contributed by atoms with Gasteiger partial charge in [0.05, 0.1) is 6.04 Å². The van der Waals surface area contributed by atoms with Gasteiger partial charge in [-0.1, -0.05) is 0 Å². The van der Waals surface area contributed by atoms with Crippen LogP contribution in [0, 0.1) is 0 Å². The number of carbonyl (C=O) groups is 2. The summed E-state index contributed by atoms with van der Waals surface area (Å²) in [6.45, 7) is 1.77. The van der Waals surface area contributed by atoms with E-state index in [9.17, 15) is 9.59 Å². The quantitative estimate of drug-likeness (QED) is 0.643. The Hall–Kier alpha value is -1.92. The third-order valence-corrected chi connectivity index (χ3v) is 2.02. The zero-order valence-electron chi connectivity index (χ0n) is 8.93. The van der Waals surface area contributed by atoms with Crippen LogP contribution in [0.15, 0.2) is 6.33 Å². The van der Waals surface area contributed by atoms with Gasteiger partial charge in [-0.2, -0.15) is 5.10 Å². The molecule has 88 valence electrons. The van der Waals surface area contributed by atoms with Crippen molar-refractivity contribution in [3.63, 3.8) is 0 Å². The number of aromatic amines is 1. The number of hydrogen-bond acceptors (Lipinski definition) is 4. The van der Waals surface area contributed by atoms with Crippen molar-refractivity contribution in [2.75, 3.05) is 0 Å². The molecule has 0 radical (unpaired) electrons. The summed E-state index contributed by atoms with van der Waals surface area (Å²) in [4.78, 5) is 25.5. The molecule has 1 amide bonds. The van der Waals surface area contributed by atoms with Gasteiger partial charge in [-0.15, -0.1) is 0 Å². The van der Waals surface area contributed by atoms with Crippen LogP contribution >= 0.6 is 0 Å². The summed E-state index contributed by atoms with van der Waals surface area (Å²) in [7, 11) is 0. The van der Waals surface area contributed by atoms with Crippen molar-refractivity contribution < 1.29 is 14.7 Å². The smallest absolute Gasteiger partial charge is 0.303 e. The number of amides is 1. The first kappa shape index (κ1) is 12.2. The van der Waals surface area contributed by atoms with Gasteiger partial charge in [-0.3, -0.25) is 14.7 Å². The van der Waals surface area contributed by atoms with Crippen LogP contribution in [0.5, 0.6) is 0 Å². The van der Waals surface area contributed by atoms with Gasteiger partial charge in [0.1, 0.15) is 12.2 Å². The molecule has 1 heterocycles. The molecule has 1 rings (SSSR count). The van der Waals surface area contributed by atoms with E-state index in [1.807, 2.05) is 0 Å². The fraction of sp³-hybridized carbons (Fsp3) is 0.556.